The van der Waals surface area contributed by atoms with E-state index in [2.05, 4.69) is 33.2 Å². The molecule has 0 aromatic carbocycles. The number of hydrogen-bond donors (Lipinski definition) is 1. The molecule has 7 nitrogen and oxygen atoms in total. The molecule has 2 aromatic rings. The fourth-order valence-corrected chi connectivity index (χ4v) is 5.33. The Kier molecular flexibility index (Phi) is 5.30. The summed E-state index contributed by atoms with van der Waals surface area (Å²) in [5.74, 6) is 1.19. The van der Waals surface area contributed by atoms with Gasteiger partial charge in [0, 0.05) is 50.0 Å². The Labute approximate surface area is 187 Å². The maximum absolute atomic E-state index is 13.5. The summed E-state index contributed by atoms with van der Waals surface area (Å²) in [5, 5.41) is 12.5. The summed E-state index contributed by atoms with van der Waals surface area (Å²) < 4.78 is 13.5. The van der Waals surface area contributed by atoms with E-state index in [1.165, 1.54) is 12.3 Å². The van der Waals surface area contributed by atoms with Crippen molar-refractivity contribution < 1.29 is 9.18 Å². The Morgan fingerprint density at radius 3 is 2.81 bits per heavy atom. The lowest BCUT2D eigenvalue weighted by Gasteiger charge is -2.42. The van der Waals surface area contributed by atoms with Crippen molar-refractivity contribution in [3.8, 4) is 6.07 Å². The van der Waals surface area contributed by atoms with E-state index >= 15 is 0 Å². The van der Waals surface area contributed by atoms with Crippen LogP contribution in [0.25, 0.3) is 0 Å². The van der Waals surface area contributed by atoms with Crippen LogP contribution in [0.3, 0.4) is 0 Å². The van der Waals surface area contributed by atoms with Gasteiger partial charge in [-0.05, 0) is 48.9 Å². The van der Waals surface area contributed by atoms with E-state index in [-0.39, 0.29) is 29.3 Å². The molecular weight excluding hydrogens is 407 g/mol. The zero-order valence-corrected chi connectivity index (χ0v) is 18.2. The fourth-order valence-electron chi connectivity index (χ4n) is 5.33. The minimum absolute atomic E-state index is 0.155. The van der Waals surface area contributed by atoms with E-state index in [0.717, 1.165) is 30.6 Å². The van der Waals surface area contributed by atoms with Gasteiger partial charge in [-0.3, -0.25) is 9.78 Å². The average molecular weight is 435 g/mol. The minimum atomic E-state index is -0.328. The molecule has 0 radical (unpaired) electrons. The molecule has 2 aliphatic heterocycles. The number of likely N-dealkylation sites (tertiary alicyclic amines) is 1. The zero-order valence-electron chi connectivity index (χ0n) is 18.2. The summed E-state index contributed by atoms with van der Waals surface area (Å²) in [6.07, 6.45) is 7.86. The molecule has 2 bridgehead atoms. The first-order chi connectivity index (χ1) is 15.5. The number of anilines is 1. The highest BCUT2D eigenvalue weighted by molar-refractivity contribution is 5.77. The number of aromatic nitrogens is 2. The number of fused-ring (bicyclic) bond motifs is 2. The van der Waals surface area contributed by atoms with Crippen LogP contribution in [-0.2, 0) is 10.3 Å². The summed E-state index contributed by atoms with van der Waals surface area (Å²) in [6.45, 7) is 4.19. The number of amides is 1. The standard InChI is InChI=1S/C24H27FN6O/c1-16-8-20-14-30(15-21(16)31(20)22-3-2-17(10-26)11-28-22)23(32)4-7-29-24(5-6-24)18-9-19(25)13-27-12-18/h2-3,9,11-13,16,20-21,29H,4-8,14-15H2,1H3/t16-,20?,21?/m0/s1. The van der Waals surface area contributed by atoms with Crippen LogP contribution in [0.15, 0.2) is 36.8 Å². The number of nitrogens with zero attached hydrogens (tertiary/aromatic N) is 5. The van der Waals surface area contributed by atoms with Gasteiger partial charge < -0.3 is 15.1 Å². The van der Waals surface area contributed by atoms with E-state index in [1.807, 2.05) is 11.0 Å². The number of rotatable bonds is 6. The Bertz CT molecular complexity index is 1050. The number of piperazine rings is 1. The molecule has 3 atom stereocenters. The monoisotopic (exact) mass is 434 g/mol. The average Bonchev–Trinajstić information content (AvgIpc) is 3.56. The molecule has 2 unspecified atom stereocenters. The van der Waals surface area contributed by atoms with Crippen LogP contribution in [0, 0.1) is 23.1 Å². The fraction of sp³-hybridized carbons (Fsp3) is 0.500. The minimum Gasteiger partial charge on any atom is -0.347 e. The van der Waals surface area contributed by atoms with Gasteiger partial charge in [0.05, 0.1) is 17.8 Å². The van der Waals surface area contributed by atoms with Crippen molar-refractivity contribution >= 4 is 11.7 Å². The lowest BCUT2D eigenvalue weighted by Crippen LogP contribution is -2.56. The summed E-state index contributed by atoms with van der Waals surface area (Å²) in [4.78, 5) is 25.8. The normalized spacial score (nSPS) is 25.5. The second kappa shape index (κ2) is 8.14. The van der Waals surface area contributed by atoms with Crippen LogP contribution in [0.4, 0.5) is 10.2 Å². The van der Waals surface area contributed by atoms with Crippen molar-refractivity contribution in [2.75, 3.05) is 24.5 Å². The molecule has 3 aliphatic rings. The van der Waals surface area contributed by atoms with Crippen LogP contribution in [0.2, 0.25) is 0 Å². The molecular formula is C24H27FN6O. The Morgan fingerprint density at radius 2 is 2.16 bits per heavy atom. The second-order valence-electron chi connectivity index (χ2n) is 9.31. The van der Waals surface area contributed by atoms with Crippen LogP contribution in [0.1, 0.15) is 43.7 Å². The van der Waals surface area contributed by atoms with Crippen molar-refractivity contribution in [2.24, 2.45) is 5.92 Å². The number of pyridine rings is 2. The summed E-state index contributed by atoms with van der Waals surface area (Å²) in [5.41, 5.74) is 1.18. The summed E-state index contributed by atoms with van der Waals surface area (Å²) in [6, 6.07) is 7.84. The molecule has 5 rings (SSSR count). The van der Waals surface area contributed by atoms with Crippen LogP contribution >= 0.6 is 0 Å². The van der Waals surface area contributed by atoms with Gasteiger partial charge in [0.15, 0.2) is 0 Å². The number of nitriles is 1. The third-order valence-corrected chi connectivity index (χ3v) is 7.19. The van der Waals surface area contributed by atoms with Crippen LogP contribution in [-0.4, -0.2) is 52.5 Å². The van der Waals surface area contributed by atoms with Crippen molar-refractivity contribution in [2.45, 2.75) is 50.2 Å². The molecule has 3 fully saturated rings. The number of carbonyl (C=O) groups is 1. The van der Waals surface area contributed by atoms with Gasteiger partial charge >= 0.3 is 0 Å². The molecule has 1 aliphatic carbocycles. The summed E-state index contributed by atoms with van der Waals surface area (Å²) in [7, 11) is 0. The van der Waals surface area contributed by atoms with Crippen molar-refractivity contribution in [1.82, 2.24) is 20.2 Å². The van der Waals surface area contributed by atoms with Gasteiger partial charge in [-0.15, -0.1) is 0 Å². The highest BCUT2D eigenvalue weighted by atomic mass is 19.1. The number of nitrogens with one attached hydrogen (secondary N) is 1. The van der Waals surface area contributed by atoms with Crippen LogP contribution < -0.4 is 10.2 Å². The molecule has 166 valence electrons. The van der Waals surface area contributed by atoms with E-state index in [9.17, 15) is 9.18 Å². The Balaban J connectivity index is 1.19. The van der Waals surface area contributed by atoms with Crippen molar-refractivity contribution in [3.05, 3.63) is 53.7 Å². The summed E-state index contributed by atoms with van der Waals surface area (Å²) >= 11 is 0. The lowest BCUT2D eigenvalue weighted by molar-refractivity contribution is -0.132. The molecule has 1 amide bonds. The van der Waals surface area contributed by atoms with Crippen LogP contribution in [0.5, 0.6) is 0 Å². The first-order valence-corrected chi connectivity index (χ1v) is 11.3. The van der Waals surface area contributed by atoms with E-state index < -0.39 is 0 Å². The van der Waals surface area contributed by atoms with Gasteiger partial charge in [-0.1, -0.05) is 6.92 Å². The first kappa shape index (κ1) is 20.8. The predicted molar refractivity (Wildman–Crippen MR) is 117 cm³/mol. The number of halogens is 1. The quantitative estimate of drug-likeness (QED) is 0.752. The third kappa shape index (κ3) is 3.82. The molecule has 1 saturated carbocycles. The van der Waals surface area contributed by atoms with Gasteiger partial charge in [0.1, 0.15) is 17.7 Å². The van der Waals surface area contributed by atoms with Gasteiger partial charge in [0.25, 0.3) is 0 Å². The van der Waals surface area contributed by atoms with Gasteiger partial charge in [-0.2, -0.15) is 5.26 Å². The third-order valence-electron chi connectivity index (χ3n) is 7.19. The zero-order chi connectivity index (χ0) is 22.3. The topological polar surface area (TPSA) is 85.2 Å². The molecule has 2 saturated heterocycles. The van der Waals surface area contributed by atoms with Gasteiger partial charge in [0.2, 0.25) is 5.91 Å². The number of hydrogen-bond acceptors (Lipinski definition) is 6. The second-order valence-corrected chi connectivity index (χ2v) is 9.31. The highest BCUT2D eigenvalue weighted by Gasteiger charge is 2.47. The maximum atomic E-state index is 13.5. The maximum Gasteiger partial charge on any atom is 0.223 e. The van der Waals surface area contributed by atoms with E-state index in [4.69, 9.17) is 5.26 Å². The van der Waals surface area contributed by atoms with E-state index in [0.29, 0.717) is 37.5 Å². The van der Waals surface area contributed by atoms with Gasteiger partial charge in [-0.25, -0.2) is 9.37 Å². The molecule has 32 heavy (non-hydrogen) atoms. The molecule has 4 heterocycles. The molecule has 0 spiro atoms. The molecule has 8 heteroatoms. The van der Waals surface area contributed by atoms with Crippen molar-refractivity contribution in [1.29, 1.82) is 5.26 Å². The highest BCUT2D eigenvalue weighted by Crippen LogP contribution is 2.45. The Morgan fingerprint density at radius 1 is 1.31 bits per heavy atom. The predicted octanol–water partition coefficient (Wildman–Crippen LogP) is 2.58. The molecule has 2 aromatic heterocycles. The lowest BCUT2D eigenvalue weighted by atomic mass is 10.0. The molecule has 1 N–H and O–H groups in total. The first-order valence-electron chi connectivity index (χ1n) is 11.3. The Hall–Kier alpha value is -3.05. The smallest absolute Gasteiger partial charge is 0.223 e. The van der Waals surface area contributed by atoms with Crippen molar-refractivity contribution in [3.63, 3.8) is 0 Å². The largest absolute Gasteiger partial charge is 0.347 e. The number of carbonyl (C=O) groups excluding carboxylic acids is 1. The van der Waals surface area contributed by atoms with E-state index in [1.54, 1.807) is 18.5 Å². The SMILES string of the molecule is C[C@H]1CC2CN(C(=O)CCNC3(c4cncc(F)c4)CC3)CC1N2c1ccc(C#N)cn1.